The lowest BCUT2D eigenvalue weighted by Crippen LogP contribution is -2.28. The highest BCUT2D eigenvalue weighted by atomic mass is 32.2. The average Bonchev–Trinajstić information content (AvgIpc) is 2.52. The van der Waals surface area contributed by atoms with Crippen LogP contribution in [0.25, 0.3) is 0 Å². The Kier molecular flexibility index (Phi) is 8.57. The maximum atomic E-state index is 11.9. The van der Waals surface area contributed by atoms with E-state index in [9.17, 15) is 9.59 Å². The van der Waals surface area contributed by atoms with Gasteiger partial charge in [-0.05, 0) is 17.7 Å². The highest BCUT2D eigenvalue weighted by Gasteiger charge is 2.11. The largest absolute Gasteiger partial charge is 0.468 e. The maximum Gasteiger partial charge on any atom is 0.315 e. The molecule has 1 atom stereocenters. The van der Waals surface area contributed by atoms with Crippen molar-refractivity contribution in [1.82, 2.24) is 0 Å². The molecule has 0 aromatic heterocycles. The van der Waals surface area contributed by atoms with E-state index in [0.29, 0.717) is 23.7 Å². The first-order valence-electron chi connectivity index (χ1n) is 6.85. The molecule has 0 aliphatic rings. The zero-order valence-electron chi connectivity index (χ0n) is 12.8. The van der Waals surface area contributed by atoms with Crippen molar-refractivity contribution in [2.75, 3.05) is 31.8 Å². The van der Waals surface area contributed by atoms with Gasteiger partial charge < -0.3 is 20.5 Å². The monoisotopic (exact) mass is 326 g/mol. The van der Waals surface area contributed by atoms with E-state index in [1.165, 1.54) is 26.0 Å². The molecular weight excluding hydrogens is 304 g/mol. The van der Waals surface area contributed by atoms with Gasteiger partial charge in [0.2, 0.25) is 5.91 Å². The second-order valence-corrected chi connectivity index (χ2v) is 5.60. The number of amides is 1. The topological polar surface area (TPSA) is 90.7 Å². The van der Waals surface area contributed by atoms with Crippen molar-refractivity contribution >= 4 is 29.3 Å². The van der Waals surface area contributed by atoms with Gasteiger partial charge in [0.15, 0.2) is 0 Å². The van der Waals surface area contributed by atoms with Crippen LogP contribution in [0.2, 0.25) is 0 Å². The van der Waals surface area contributed by atoms with Crippen molar-refractivity contribution in [3.8, 4) is 0 Å². The number of anilines is 1. The van der Waals surface area contributed by atoms with Gasteiger partial charge in [-0.25, -0.2) is 0 Å². The first-order chi connectivity index (χ1) is 10.6. The van der Waals surface area contributed by atoms with Crippen LogP contribution in [0.4, 0.5) is 5.69 Å². The fourth-order valence-electron chi connectivity index (χ4n) is 1.73. The molecule has 0 aliphatic heterocycles. The Balaban J connectivity index is 2.49. The molecular formula is C15H22N2O4S. The number of nitrogens with two attached hydrogens (primary N) is 1. The summed E-state index contributed by atoms with van der Waals surface area (Å²) < 4.78 is 9.67. The van der Waals surface area contributed by atoms with Crippen molar-refractivity contribution in [1.29, 1.82) is 0 Å². The van der Waals surface area contributed by atoms with Crippen LogP contribution >= 0.6 is 11.8 Å². The second kappa shape index (κ2) is 10.2. The van der Waals surface area contributed by atoms with Crippen LogP contribution in [0.5, 0.6) is 0 Å². The minimum atomic E-state index is -0.279. The molecule has 122 valence electrons. The molecule has 0 aliphatic carbocycles. The van der Waals surface area contributed by atoms with Crippen molar-refractivity contribution in [2.45, 2.75) is 18.3 Å². The van der Waals surface area contributed by atoms with Crippen LogP contribution in [0.3, 0.4) is 0 Å². The highest BCUT2D eigenvalue weighted by Crippen LogP contribution is 2.17. The Hall–Kier alpha value is -1.57. The summed E-state index contributed by atoms with van der Waals surface area (Å²) in [7, 11) is 2.90. The summed E-state index contributed by atoms with van der Waals surface area (Å²) in [6, 6.07) is 7.50. The summed E-state index contributed by atoms with van der Waals surface area (Å²) in [6.07, 6.45) is -0.0623. The molecule has 0 bridgehead atoms. The summed E-state index contributed by atoms with van der Waals surface area (Å²) >= 11 is 1.46. The molecule has 1 aromatic rings. The summed E-state index contributed by atoms with van der Waals surface area (Å²) in [5.41, 5.74) is 7.23. The SMILES string of the molecule is COC(=O)CSCc1cccc(NC(=O)CC(CN)OC)c1. The number of thioether (sulfide) groups is 1. The summed E-state index contributed by atoms with van der Waals surface area (Å²) in [6.45, 7) is 0.300. The first kappa shape index (κ1) is 18.5. The maximum absolute atomic E-state index is 11.9. The van der Waals surface area contributed by atoms with Crippen molar-refractivity contribution in [3.05, 3.63) is 29.8 Å². The third-order valence-electron chi connectivity index (χ3n) is 2.94. The summed E-state index contributed by atoms with van der Waals surface area (Å²) in [5, 5.41) is 2.82. The smallest absolute Gasteiger partial charge is 0.315 e. The van der Waals surface area contributed by atoms with E-state index in [1.54, 1.807) is 0 Å². The number of hydrogen-bond donors (Lipinski definition) is 2. The Morgan fingerprint density at radius 3 is 2.77 bits per heavy atom. The van der Waals surface area contributed by atoms with Gasteiger partial charge in [-0.1, -0.05) is 12.1 Å². The number of methoxy groups -OCH3 is 2. The normalized spacial score (nSPS) is 11.8. The van der Waals surface area contributed by atoms with Gasteiger partial charge >= 0.3 is 5.97 Å². The summed E-state index contributed by atoms with van der Waals surface area (Å²) in [4.78, 5) is 22.9. The number of nitrogens with one attached hydrogen (secondary N) is 1. The molecule has 0 radical (unpaired) electrons. The van der Waals surface area contributed by atoms with Gasteiger partial charge in [-0.2, -0.15) is 0 Å². The van der Waals surface area contributed by atoms with E-state index in [-0.39, 0.29) is 24.4 Å². The number of ether oxygens (including phenoxy) is 2. The zero-order chi connectivity index (χ0) is 16.4. The third kappa shape index (κ3) is 6.93. The minimum absolute atomic E-state index is 0.142. The lowest BCUT2D eigenvalue weighted by molar-refractivity contribution is -0.137. The molecule has 1 amide bonds. The molecule has 3 N–H and O–H groups in total. The molecule has 22 heavy (non-hydrogen) atoms. The molecule has 0 heterocycles. The fraction of sp³-hybridized carbons (Fsp3) is 0.467. The minimum Gasteiger partial charge on any atom is -0.468 e. The molecule has 0 saturated carbocycles. The molecule has 0 fully saturated rings. The number of carbonyl (C=O) groups is 2. The van der Waals surface area contributed by atoms with E-state index in [4.69, 9.17) is 10.5 Å². The number of rotatable bonds is 9. The predicted octanol–water partition coefficient (Wildman–Crippen LogP) is 1.40. The van der Waals surface area contributed by atoms with Gasteiger partial charge in [-0.3, -0.25) is 9.59 Å². The highest BCUT2D eigenvalue weighted by molar-refractivity contribution is 7.99. The standard InChI is InChI=1S/C15H22N2O4S/c1-20-13(8-16)7-14(18)17-12-5-3-4-11(6-12)9-22-10-15(19)21-2/h3-6,13H,7-10,16H2,1-2H3,(H,17,18). The second-order valence-electron chi connectivity index (χ2n) is 4.62. The summed E-state index contributed by atoms with van der Waals surface area (Å²) in [5.74, 6) is 0.583. The molecule has 1 unspecified atom stereocenters. The molecule has 1 aromatic carbocycles. The van der Waals surface area contributed by atoms with E-state index in [0.717, 1.165) is 5.56 Å². The lowest BCUT2D eigenvalue weighted by Gasteiger charge is -2.13. The fourth-order valence-corrected chi connectivity index (χ4v) is 2.53. The number of carbonyl (C=O) groups excluding carboxylic acids is 2. The van der Waals surface area contributed by atoms with Crippen LogP contribution in [0.1, 0.15) is 12.0 Å². The van der Waals surface area contributed by atoms with Crippen molar-refractivity contribution in [3.63, 3.8) is 0 Å². The Morgan fingerprint density at radius 1 is 1.36 bits per heavy atom. The van der Waals surface area contributed by atoms with Crippen LogP contribution in [0, 0.1) is 0 Å². The van der Waals surface area contributed by atoms with E-state index in [1.807, 2.05) is 24.3 Å². The first-order valence-corrected chi connectivity index (χ1v) is 8.00. The van der Waals surface area contributed by atoms with Gasteiger partial charge in [0.05, 0.1) is 25.4 Å². The van der Waals surface area contributed by atoms with Crippen LogP contribution in [-0.4, -0.2) is 44.5 Å². The molecule has 0 spiro atoms. The van der Waals surface area contributed by atoms with Gasteiger partial charge in [0.25, 0.3) is 0 Å². The van der Waals surface area contributed by atoms with Crippen LogP contribution < -0.4 is 11.1 Å². The van der Waals surface area contributed by atoms with Crippen molar-refractivity contribution < 1.29 is 19.1 Å². The number of benzene rings is 1. The van der Waals surface area contributed by atoms with E-state index < -0.39 is 0 Å². The zero-order valence-corrected chi connectivity index (χ0v) is 13.7. The molecule has 0 saturated heterocycles. The van der Waals surface area contributed by atoms with Gasteiger partial charge in [0.1, 0.15) is 0 Å². The predicted molar refractivity (Wildman–Crippen MR) is 87.7 cm³/mol. The van der Waals surface area contributed by atoms with E-state index in [2.05, 4.69) is 10.1 Å². The van der Waals surface area contributed by atoms with Gasteiger partial charge in [-0.15, -0.1) is 11.8 Å². The number of hydrogen-bond acceptors (Lipinski definition) is 6. The lowest BCUT2D eigenvalue weighted by atomic mass is 10.2. The van der Waals surface area contributed by atoms with Gasteiger partial charge in [0, 0.05) is 25.1 Å². The average molecular weight is 326 g/mol. The van der Waals surface area contributed by atoms with Crippen LogP contribution in [0.15, 0.2) is 24.3 Å². The quantitative estimate of drug-likeness (QED) is 0.667. The number of esters is 1. The molecule has 6 nitrogen and oxygen atoms in total. The van der Waals surface area contributed by atoms with Crippen LogP contribution in [-0.2, 0) is 24.8 Å². The van der Waals surface area contributed by atoms with E-state index >= 15 is 0 Å². The molecule has 1 rings (SSSR count). The Labute approximate surface area is 134 Å². The molecule has 7 heteroatoms. The Bertz CT molecular complexity index is 492. The Morgan fingerprint density at radius 2 is 2.14 bits per heavy atom. The van der Waals surface area contributed by atoms with Crippen molar-refractivity contribution in [2.24, 2.45) is 5.73 Å². The third-order valence-corrected chi connectivity index (χ3v) is 3.91.